The number of nitrogens with zero attached hydrogens (tertiary/aromatic N) is 5. The molecule has 10 nitrogen and oxygen atoms in total. The number of likely N-dealkylation sites (N-methyl/N-ethyl adjacent to an activating group) is 1. The van der Waals surface area contributed by atoms with E-state index in [1.165, 1.54) is 0 Å². The number of rotatable bonds is 8. The van der Waals surface area contributed by atoms with E-state index < -0.39 is 23.3 Å². The van der Waals surface area contributed by atoms with E-state index in [0.717, 1.165) is 10.9 Å². The normalized spacial score (nSPS) is 18.5. The maximum Gasteiger partial charge on any atom is 0.435 e. The molecule has 0 bridgehead atoms. The van der Waals surface area contributed by atoms with E-state index in [1.807, 2.05) is 25.8 Å². The zero-order valence-corrected chi connectivity index (χ0v) is 21.3. The molecular formula is C25H30F3N7O3. The highest BCUT2D eigenvalue weighted by molar-refractivity contribution is 5.95. The van der Waals surface area contributed by atoms with Crippen molar-refractivity contribution in [1.29, 1.82) is 0 Å². The van der Waals surface area contributed by atoms with Crippen molar-refractivity contribution in [2.75, 3.05) is 26.7 Å². The lowest BCUT2D eigenvalue weighted by Gasteiger charge is -2.34. The van der Waals surface area contributed by atoms with E-state index in [1.54, 1.807) is 30.3 Å². The van der Waals surface area contributed by atoms with Crippen LogP contribution in [0, 0.1) is 0 Å². The number of hydrogen-bond acceptors (Lipinski definition) is 7. The molecule has 1 aromatic carbocycles. The Labute approximate surface area is 217 Å². The van der Waals surface area contributed by atoms with Gasteiger partial charge < -0.3 is 15.1 Å². The Kier molecular flexibility index (Phi) is 8.14. The van der Waals surface area contributed by atoms with Crippen molar-refractivity contribution in [2.24, 2.45) is 0 Å². The number of aromatic nitrogens is 4. The van der Waals surface area contributed by atoms with Crippen LogP contribution in [0.5, 0.6) is 0 Å². The van der Waals surface area contributed by atoms with Gasteiger partial charge in [-0.25, -0.2) is 4.68 Å². The van der Waals surface area contributed by atoms with Crippen molar-refractivity contribution in [1.82, 2.24) is 35.5 Å². The van der Waals surface area contributed by atoms with E-state index in [0.29, 0.717) is 36.9 Å². The van der Waals surface area contributed by atoms with Gasteiger partial charge in [-0.05, 0) is 32.0 Å². The van der Waals surface area contributed by atoms with Crippen LogP contribution in [0.4, 0.5) is 13.2 Å². The standard InChI is InChI=1S/C25H30F3N7O3/c1-15(2)23-31-32-24(38-23)16-9-10-19(34(3)13-16)22(37)30-12-11-29-21(36)18-14-35(17-7-5-4-6-8-17)33-20(18)25(26,27)28/h4-8,14-16,19H,9-13H2,1-3H3,(H,29,36)(H,30,37)/t16-,19-/m0/s1. The number of alkyl halides is 3. The lowest BCUT2D eigenvalue weighted by atomic mass is 9.92. The Bertz CT molecular complexity index is 1260. The van der Waals surface area contributed by atoms with E-state index in [9.17, 15) is 22.8 Å². The molecule has 13 heteroatoms. The van der Waals surface area contributed by atoms with Gasteiger partial charge in [0.1, 0.15) is 0 Å². The van der Waals surface area contributed by atoms with E-state index >= 15 is 0 Å². The number of para-hydroxylation sites is 1. The summed E-state index contributed by atoms with van der Waals surface area (Å²) in [5, 5.41) is 17.0. The van der Waals surface area contributed by atoms with Gasteiger partial charge in [0.2, 0.25) is 17.7 Å². The van der Waals surface area contributed by atoms with Crippen molar-refractivity contribution < 1.29 is 27.2 Å². The molecule has 1 aliphatic heterocycles. The molecule has 3 aromatic rings. The lowest BCUT2D eigenvalue weighted by Crippen LogP contribution is -2.50. The van der Waals surface area contributed by atoms with Crippen LogP contribution in [0.2, 0.25) is 0 Å². The smallest absolute Gasteiger partial charge is 0.425 e. The second-order valence-electron chi connectivity index (χ2n) is 9.58. The zero-order chi connectivity index (χ0) is 27.4. The molecule has 0 saturated carbocycles. The summed E-state index contributed by atoms with van der Waals surface area (Å²) in [4.78, 5) is 27.2. The molecule has 1 saturated heterocycles. The third-order valence-corrected chi connectivity index (χ3v) is 6.39. The third-order valence-electron chi connectivity index (χ3n) is 6.39. The number of carbonyl (C=O) groups is 2. The first-order valence-corrected chi connectivity index (χ1v) is 12.4. The molecule has 4 rings (SSSR count). The molecule has 0 aliphatic carbocycles. The number of nitrogens with one attached hydrogen (secondary N) is 2. The molecule has 3 heterocycles. The highest BCUT2D eigenvalue weighted by Crippen LogP contribution is 2.32. The Morgan fingerprint density at radius 3 is 2.45 bits per heavy atom. The fourth-order valence-electron chi connectivity index (χ4n) is 4.36. The Balaban J connectivity index is 1.28. The topological polar surface area (TPSA) is 118 Å². The van der Waals surface area contributed by atoms with Crippen LogP contribution < -0.4 is 10.6 Å². The summed E-state index contributed by atoms with van der Waals surface area (Å²) >= 11 is 0. The summed E-state index contributed by atoms with van der Waals surface area (Å²) in [5.41, 5.74) is -1.47. The molecule has 204 valence electrons. The van der Waals surface area contributed by atoms with Crippen LogP contribution in [0.15, 0.2) is 40.9 Å². The Hall–Kier alpha value is -3.74. The van der Waals surface area contributed by atoms with Gasteiger partial charge in [0.25, 0.3) is 5.91 Å². The quantitative estimate of drug-likeness (QED) is 0.427. The molecule has 2 N–H and O–H groups in total. The average molecular weight is 534 g/mol. The van der Waals surface area contributed by atoms with Gasteiger partial charge in [0, 0.05) is 31.7 Å². The van der Waals surface area contributed by atoms with Gasteiger partial charge in [0.15, 0.2) is 5.69 Å². The van der Waals surface area contributed by atoms with Gasteiger partial charge in [-0.15, -0.1) is 10.2 Å². The first-order valence-electron chi connectivity index (χ1n) is 12.4. The highest BCUT2D eigenvalue weighted by Gasteiger charge is 2.39. The number of halogens is 3. The predicted molar refractivity (Wildman–Crippen MR) is 131 cm³/mol. The van der Waals surface area contributed by atoms with Crippen LogP contribution in [-0.2, 0) is 11.0 Å². The van der Waals surface area contributed by atoms with E-state index in [2.05, 4.69) is 25.9 Å². The summed E-state index contributed by atoms with van der Waals surface area (Å²) in [5.74, 6) is 0.170. The minimum Gasteiger partial charge on any atom is -0.425 e. The van der Waals surface area contributed by atoms with Crippen molar-refractivity contribution in [3.63, 3.8) is 0 Å². The van der Waals surface area contributed by atoms with E-state index in [4.69, 9.17) is 4.42 Å². The van der Waals surface area contributed by atoms with E-state index in [-0.39, 0.29) is 36.9 Å². The van der Waals surface area contributed by atoms with Crippen LogP contribution in [0.25, 0.3) is 5.69 Å². The molecule has 0 unspecified atom stereocenters. The molecule has 0 radical (unpaired) electrons. The minimum absolute atomic E-state index is 0.0305. The van der Waals surface area contributed by atoms with Gasteiger partial charge >= 0.3 is 6.18 Å². The molecular weight excluding hydrogens is 503 g/mol. The lowest BCUT2D eigenvalue weighted by molar-refractivity contribution is -0.141. The number of benzene rings is 1. The molecule has 2 atom stereocenters. The second kappa shape index (κ2) is 11.3. The molecule has 1 fully saturated rings. The maximum atomic E-state index is 13.5. The number of likely N-dealkylation sites (tertiary alicyclic amines) is 1. The van der Waals surface area contributed by atoms with Crippen LogP contribution >= 0.6 is 0 Å². The fourth-order valence-corrected chi connectivity index (χ4v) is 4.36. The zero-order valence-electron chi connectivity index (χ0n) is 21.3. The van der Waals surface area contributed by atoms with Crippen molar-refractivity contribution in [2.45, 2.75) is 50.7 Å². The van der Waals surface area contributed by atoms with Gasteiger partial charge in [-0.1, -0.05) is 32.0 Å². The molecule has 38 heavy (non-hydrogen) atoms. The summed E-state index contributed by atoms with van der Waals surface area (Å²) in [6.45, 7) is 4.53. The highest BCUT2D eigenvalue weighted by atomic mass is 19.4. The molecule has 2 aromatic heterocycles. The third kappa shape index (κ3) is 6.21. The maximum absolute atomic E-state index is 13.5. The van der Waals surface area contributed by atoms with Crippen LogP contribution in [-0.4, -0.2) is 69.4 Å². The molecule has 0 spiro atoms. The minimum atomic E-state index is -4.80. The number of carbonyl (C=O) groups excluding carboxylic acids is 2. The van der Waals surface area contributed by atoms with Crippen molar-refractivity contribution in [3.8, 4) is 5.69 Å². The SMILES string of the molecule is CC(C)c1nnc([C@H]2CC[C@@H](C(=O)NCCNC(=O)c3cn(-c4ccccc4)nc3C(F)(F)F)N(C)C2)o1. The predicted octanol–water partition coefficient (Wildman–Crippen LogP) is 3.12. The largest absolute Gasteiger partial charge is 0.435 e. The Morgan fingerprint density at radius 1 is 1.11 bits per heavy atom. The summed E-state index contributed by atoms with van der Waals surface area (Å²) < 4.78 is 47.3. The summed E-state index contributed by atoms with van der Waals surface area (Å²) in [6, 6.07) is 7.82. The van der Waals surface area contributed by atoms with Crippen molar-refractivity contribution in [3.05, 3.63) is 59.6 Å². The monoisotopic (exact) mass is 533 g/mol. The number of amides is 2. The summed E-state index contributed by atoms with van der Waals surface area (Å²) in [7, 11) is 1.83. The first-order chi connectivity index (χ1) is 18.0. The molecule has 1 aliphatic rings. The van der Waals surface area contributed by atoms with Gasteiger partial charge in [-0.3, -0.25) is 14.5 Å². The van der Waals surface area contributed by atoms with Crippen LogP contribution in [0.3, 0.4) is 0 Å². The average Bonchev–Trinajstić information content (AvgIpc) is 3.55. The van der Waals surface area contributed by atoms with Crippen molar-refractivity contribution >= 4 is 11.8 Å². The summed E-state index contributed by atoms with van der Waals surface area (Å²) in [6.07, 6.45) is -2.48. The first kappa shape index (κ1) is 27.3. The molecule has 2 amide bonds. The fraction of sp³-hybridized carbons (Fsp3) is 0.480. The number of hydrogen-bond donors (Lipinski definition) is 2. The Morgan fingerprint density at radius 2 is 1.82 bits per heavy atom. The van der Waals surface area contributed by atoms with Gasteiger partial charge in [-0.2, -0.15) is 18.3 Å². The number of piperidine rings is 1. The second-order valence-corrected chi connectivity index (χ2v) is 9.58. The van der Waals surface area contributed by atoms with Crippen LogP contribution in [0.1, 0.15) is 66.4 Å². The van der Waals surface area contributed by atoms with Gasteiger partial charge in [0.05, 0.1) is 23.2 Å².